The molecular formula is C16H17Cl2N. The highest BCUT2D eigenvalue weighted by molar-refractivity contribution is 6.43. The van der Waals surface area contributed by atoms with Crippen LogP contribution in [-0.2, 0) is 5.41 Å². The van der Waals surface area contributed by atoms with Gasteiger partial charge in [-0.15, -0.1) is 0 Å². The van der Waals surface area contributed by atoms with Gasteiger partial charge in [-0.3, -0.25) is 0 Å². The van der Waals surface area contributed by atoms with Crippen molar-refractivity contribution in [2.24, 2.45) is 0 Å². The van der Waals surface area contributed by atoms with E-state index in [0.717, 1.165) is 11.4 Å². The van der Waals surface area contributed by atoms with E-state index < -0.39 is 0 Å². The van der Waals surface area contributed by atoms with Crippen LogP contribution < -0.4 is 5.32 Å². The number of benzene rings is 2. The van der Waals surface area contributed by atoms with E-state index in [1.807, 2.05) is 12.1 Å². The van der Waals surface area contributed by atoms with Gasteiger partial charge in [-0.25, -0.2) is 0 Å². The monoisotopic (exact) mass is 293 g/mol. The molecule has 0 radical (unpaired) electrons. The summed E-state index contributed by atoms with van der Waals surface area (Å²) in [5, 5.41) is 4.37. The number of hydrogen-bond acceptors (Lipinski definition) is 1. The zero-order valence-electron chi connectivity index (χ0n) is 11.3. The van der Waals surface area contributed by atoms with Crippen molar-refractivity contribution < 1.29 is 0 Å². The lowest BCUT2D eigenvalue weighted by Gasteiger charge is -2.19. The first kappa shape index (κ1) is 14.2. The summed E-state index contributed by atoms with van der Waals surface area (Å²) in [5.74, 6) is 0. The van der Waals surface area contributed by atoms with Gasteiger partial charge in [0.1, 0.15) is 0 Å². The Morgan fingerprint density at radius 3 is 2.11 bits per heavy atom. The lowest BCUT2D eigenvalue weighted by atomic mass is 9.87. The molecule has 2 aromatic rings. The van der Waals surface area contributed by atoms with Crippen molar-refractivity contribution in [1.82, 2.24) is 0 Å². The Hall–Kier alpha value is -1.18. The minimum absolute atomic E-state index is 0.159. The minimum atomic E-state index is 0.159. The third kappa shape index (κ3) is 3.43. The van der Waals surface area contributed by atoms with Crippen molar-refractivity contribution in [3.05, 3.63) is 58.1 Å². The number of nitrogens with one attached hydrogen (secondary N) is 1. The average Bonchev–Trinajstić information content (AvgIpc) is 2.35. The molecule has 0 aliphatic rings. The zero-order valence-corrected chi connectivity index (χ0v) is 12.8. The second-order valence-electron chi connectivity index (χ2n) is 5.55. The summed E-state index contributed by atoms with van der Waals surface area (Å²) >= 11 is 12.1. The fraction of sp³-hybridized carbons (Fsp3) is 0.250. The minimum Gasteiger partial charge on any atom is -0.354 e. The lowest BCUT2D eigenvalue weighted by molar-refractivity contribution is 0.590. The van der Waals surface area contributed by atoms with Gasteiger partial charge in [0.2, 0.25) is 0 Å². The molecule has 0 saturated heterocycles. The average molecular weight is 294 g/mol. The van der Waals surface area contributed by atoms with Crippen molar-refractivity contribution in [3.63, 3.8) is 0 Å². The van der Waals surface area contributed by atoms with E-state index in [2.05, 4.69) is 50.4 Å². The Bertz CT molecular complexity index is 568. The van der Waals surface area contributed by atoms with E-state index >= 15 is 0 Å². The van der Waals surface area contributed by atoms with Crippen LogP contribution in [-0.4, -0.2) is 0 Å². The van der Waals surface area contributed by atoms with Crippen LogP contribution in [0.15, 0.2) is 42.5 Å². The highest BCUT2D eigenvalue weighted by Gasteiger charge is 2.13. The number of rotatable bonds is 2. The summed E-state index contributed by atoms with van der Waals surface area (Å²) in [6, 6.07) is 13.9. The van der Waals surface area contributed by atoms with E-state index in [-0.39, 0.29) is 5.41 Å². The first-order chi connectivity index (χ1) is 8.88. The van der Waals surface area contributed by atoms with E-state index in [4.69, 9.17) is 23.2 Å². The topological polar surface area (TPSA) is 12.0 Å². The van der Waals surface area contributed by atoms with Crippen LogP contribution in [0.5, 0.6) is 0 Å². The van der Waals surface area contributed by atoms with Crippen LogP contribution in [0.2, 0.25) is 10.0 Å². The lowest BCUT2D eigenvalue weighted by Crippen LogP contribution is -2.10. The fourth-order valence-electron chi connectivity index (χ4n) is 1.81. The van der Waals surface area contributed by atoms with Crippen molar-refractivity contribution in [1.29, 1.82) is 0 Å². The third-order valence-electron chi connectivity index (χ3n) is 2.98. The summed E-state index contributed by atoms with van der Waals surface area (Å²) in [5.41, 5.74) is 3.27. The van der Waals surface area contributed by atoms with Gasteiger partial charge in [0, 0.05) is 5.69 Å². The molecule has 2 aromatic carbocycles. The van der Waals surface area contributed by atoms with Crippen molar-refractivity contribution in [2.75, 3.05) is 5.32 Å². The van der Waals surface area contributed by atoms with Gasteiger partial charge < -0.3 is 5.32 Å². The first-order valence-corrected chi connectivity index (χ1v) is 6.95. The standard InChI is InChI=1S/C16H17Cl2N/c1-16(2,3)11-7-9-12(10-8-11)19-14-6-4-5-13(17)15(14)18/h4-10,19H,1-3H3. The Balaban J connectivity index is 2.23. The molecule has 0 aliphatic carbocycles. The van der Waals surface area contributed by atoms with Crippen LogP contribution in [0.4, 0.5) is 11.4 Å². The van der Waals surface area contributed by atoms with E-state index in [1.54, 1.807) is 6.07 Å². The Kier molecular flexibility index (Phi) is 4.07. The zero-order chi connectivity index (χ0) is 14.0. The molecule has 3 heteroatoms. The maximum atomic E-state index is 6.15. The van der Waals surface area contributed by atoms with Crippen LogP contribution in [0.25, 0.3) is 0 Å². The largest absolute Gasteiger partial charge is 0.354 e. The summed E-state index contributed by atoms with van der Waals surface area (Å²) in [7, 11) is 0. The smallest absolute Gasteiger partial charge is 0.0827 e. The summed E-state index contributed by atoms with van der Waals surface area (Å²) in [4.78, 5) is 0. The summed E-state index contributed by atoms with van der Waals surface area (Å²) < 4.78 is 0. The normalized spacial score (nSPS) is 11.4. The molecule has 1 nitrogen and oxygen atoms in total. The SMILES string of the molecule is CC(C)(C)c1ccc(Nc2cccc(Cl)c2Cl)cc1. The quantitative estimate of drug-likeness (QED) is 0.712. The van der Waals surface area contributed by atoms with Gasteiger partial charge in [-0.2, -0.15) is 0 Å². The fourth-order valence-corrected chi connectivity index (χ4v) is 2.16. The molecule has 0 aliphatic heterocycles. The second-order valence-corrected chi connectivity index (χ2v) is 6.34. The molecule has 19 heavy (non-hydrogen) atoms. The Morgan fingerprint density at radius 2 is 1.53 bits per heavy atom. The number of halogens is 2. The highest BCUT2D eigenvalue weighted by atomic mass is 35.5. The molecule has 0 spiro atoms. The van der Waals surface area contributed by atoms with Crippen LogP contribution in [0, 0.1) is 0 Å². The first-order valence-electron chi connectivity index (χ1n) is 6.19. The van der Waals surface area contributed by atoms with Crippen molar-refractivity contribution in [2.45, 2.75) is 26.2 Å². The Labute approximate surface area is 124 Å². The van der Waals surface area contributed by atoms with Gasteiger partial charge in [0.05, 0.1) is 15.7 Å². The van der Waals surface area contributed by atoms with Gasteiger partial charge in [-0.1, -0.05) is 62.2 Å². The van der Waals surface area contributed by atoms with E-state index in [1.165, 1.54) is 5.56 Å². The molecule has 0 aromatic heterocycles. The van der Waals surface area contributed by atoms with Crippen LogP contribution in [0.3, 0.4) is 0 Å². The molecule has 0 saturated carbocycles. The maximum Gasteiger partial charge on any atom is 0.0827 e. The van der Waals surface area contributed by atoms with Gasteiger partial charge >= 0.3 is 0 Å². The predicted molar refractivity (Wildman–Crippen MR) is 84.9 cm³/mol. The number of hydrogen-bond donors (Lipinski definition) is 1. The van der Waals surface area contributed by atoms with Crippen molar-refractivity contribution in [3.8, 4) is 0 Å². The van der Waals surface area contributed by atoms with Crippen LogP contribution in [0.1, 0.15) is 26.3 Å². The van der Waals surface area contributed by atoms with Gasteiger partial charge in [-0.05, 0) is 35.2 Å². The molecule has 0 bridgehead atoms. The van der Waals surface area contributed by atoms with Gasteiger partial charge in [0.15, 0.2) is 0 Å². The molecule has 0 heterocycles. The second kappa shape index (κ2) is 5.44. The van der Waals surface area contributed by atoms with Gasteiger partial charge in [0.25, 0.3) is 0 Å². The molecule has 0 amide bonds. The molecule has 0 unspecified atom stereocenters. The third-order valence-corrected chi connectivity index (χ3v) is 3.80. The summed E-state index contributed by atoms with van der Waals surface area (Å²) in [6.07, 6.45) is 0. The maximum absolute atomic E-state index is 6.15. The molecule has 0 fully saturated rings. The van der Waals surface area contributed by atoms with Crippen LogP contribution >= 0.6 is 23.2 Å². The molecule has 0 atom stereocenters. The number of anilines is 2. The molecule has 100 valence electrons. The Morgan fingerprint density at radius 1 is 0.895 bits per heavy atom. The molecule has 1 N–H and O–H groups in total. The summed E-state index contributed by atoms with van der Waals surface area (Å²) in [6.45, 7) is 6.59. The van der Waals surface area contributed by atoms with E-state index in [9.17, 15) is 0 Å². The highest BCUT2D eigenvalue weighted by Crippen LogP contribution is 2.32. The molecular weight excluding hydrogens is 277 g/mol. The van der Waals surface area contributed by atoms with E-state index in [0.29, 0.717) is 10.0 Å². The predicted octanol–water partition coefficient (Wildman–Crippen LogP) is 6.03. The van der Waals surface area contributed by atoms with Crippen molar-refractivity contribution >= 4 is 34.6 Å². The molecule has 2 rings (SSSR count).